The zero-order valence-electron chi connectivity index (χ0n) is 7.51. The van der Waals surface area contributed by atoms with Gasteiger partial charge in [0.25, 0.3) is 0 Å². The molecule has 0 aliphatic rings. The third-order valence-electron chi connectivity index (χ3n) is 2.01. The van der Waals surface area contributed by atoms with E-state index in [1.807, 2.05) is 31.3 Å². The lowest BCUT2D eigenvalue weighted by Gasteiger charge is -2.04. The summed E-state index contributed by atoms with van der Waals surface area (Å²) in [4.78, 5) is 4.41. The van der Waals surface area contributed by atoms with Crippen LogP contribution in [0.25, 0.3) is 10.9 Å². The molecule has 1 aromatic heterocycles. The highest BCUT2D eigenvalue weighted by Crippen LogP contribution is 2.29. The van der Waals surface area contributed by atoms with Gasteiger partial charge < -0.3 is 5.32 Å². The van der Waals surface area contributed by atoms with Crippen molar-refractivity contribution in [3.05, 3.63) is 33.8 Å². The van der Waals surface area contributed by atoms with Gasteiger partial charge in [-0.3, -0.25) is 0 Å². The van der Waals surface area contributed by atoms with Gasteiger partial charge in [-0.05, 0) is 40.2 Å². The van der Waals surface area contributed by atoms with Gasteiger partial charge in [-0.1, -0.05) is 11.6 Å². The molecule has 0 spiro atoms. The Morgan fingerprint density at radius 1 is 1.29 bits per heavy atom. The predicted molar refractivity (Wildman–Crippen MR) is 64.0 cm³/mol. The number of halogens is 2. The van der Waals surface area contributed by atoms with Gasteiger partial charge in [0.1, 0.15) is 5.82 Å². The van der Waals surface area contributed by atoms with Crippen molar-refractivity contribution < 1.29 is 0 Å². The van der Waals surface area contributed by atoms with Crippen molar-refractivity contribution in [2.45, 2.75) is 0 Å². The molecule has 0 atom stereocenters. The summed E-state index contributed by atoms with van der Waals surface area (Å²) in [6.07, 6.45) is 0. The number of nitrogens with one attached hydrogen (secondary N) is 1. The van der Waals surface area contributed by atoms with E-state index in [0.717, 1.165) is 26.2 Å². The van der Waals surface area contributed by atoms with E-state index in [-0.39, 0.29) is 0 Å². The number of anilines is 1. The second-order valence-electron chi connectivity index (χ2n) is 2.87. The minimum absolute atomic E-state index is 0.721. The number of nitrogens with zero attached hydrogens (tertiary/aromatic N) is 1. The van der Waals surface area contributed by atoms with Crippen LogP contribution in [-0.4, -0.2) is 12.0 Å². The van der Waals surface area contributed by atoms with Gasteiger partial charge in [0.2, 0.25) is 0 Å². The molecule has 0 saturated heterocycles. The van der Waals surface area contributed by atoms with Crippen molar-refractivity contribution >= 4 is 44.3 Å². The summed E-state index contributed by atoms with van der Waals surface area (Å²) >= 11 is 9.49. The zero-order chi connectivity index (χ0) is 10.1. The molecule has 0 saturated carbocycles. The largest absolute Gasteiger partial charge is 0.373 e. The van der Waals surface area contributed by atoms with Crippen LogP contribution in [0.4, 0.5) is 5.82 Å². The van der Waals surface area contributed by atoms with E-state index in [1.54, 1.807) is 0 Å². The van der Waals surface area contributed by atoms with Crippen LogP contribution in [0.1, 0.15) is 0 Å². The fourth-order valence-electron chi connectivity index (χ4n) is 1.29. The number of hydrogen-bond donors (Lipinski definition) is 1. The van der Waals surface area contributed by atoms with Gasteiger partial charge in [-0.2, -0.15) is 0 Å². The van der Waals surface area contributed by atoms with Crippen LogP contribution in [0.2, 0.25) is 5.02 Å². The van der Waals surface area contributed by atoms with E-state index in [4.69, 9.17) is 11.6 Å². The summed E-state index contributed by atoms with van der Waals surface area (Å²) in [5, 5.41) is 4.67. The Morgan fingerprint density at radius 3 is 2.79 bits per heavy atom. The van der Waals surface area contributed by atoms with Crippen LogP contribution in [-0.2, 0) is 0 Å². The average molecular weight is 272 g/mol. The van der Waals surface area contributed by atoms with Gasteiger partial charge in [0.15, 0.2) is 0 Å². The first-order chi connectivity index (χ1) is 6.72. The summed E-state index contributed by atoms with van der Waals surface area (Å²) in [5.74, 6) is 0.834. The van der Waals surface area contributed by atoms with Crippen molar-refractivity contribution in [1.29, 1.82) is 0 Å². The predicted octanol–water partition coefficient (Wildman–Crippen LogP) is 3.69. The average Bonchev–Trinajstić information content (AvgIpc) is 2.23. The van der Waals surface area contributed by atoms with Gasteiger partial charge in [0, 0.05) is 16.9 Å². The van der Waals surface area contributed by atoms with Crippen molar-refractivity contribution in [2.75, 3.05) is 12.4 Å². The Morgan fingerprint density at radius 2 is 2.07 bits per heavy atom. The molecule has 0 radical (unpaired) electrons. The van der Waals surface area contributed by atoms with Gasteiger partial charge >= 0.3 is 0 Å². The lowest BCUT2D eigenvalue weighted by atomic mass is 10.2. The topological polar surface area (TPSA) is 24.9 Å². The number of aromatic nitrogens is 1. The van der Waals surface area contributed by atoms with Crippen molar-refractivity contribution in [1.82, 2.24) is 4.98 Å². The highest BCUT2D eigenvalue weighted by molar-refractivity contribution is 9.10. The quantitative estimate of drug-likeness (QED) is 0.855. The number of benzene rings is 1. The smallest absolute Gasteiger partial charge is 0.126 e. The van der Waals surface area contributed by atoms with E-state index < -0.39 is 0 Å². The van der Waals surface area contributed by atoms with E-state index in [9.17, 15) is 0 Å². The monoisotopic (exact) mass is 270 g/mol. The molecule has 0 fully saturated rings. The maximum Gasteiger partial charge on any atom is 0.126 e. The summed E-state index contributed by atoms with van der Waals surface area (Å²) in [6, 6.07) is 7.62. The fraction of sp³-hybridized carbons (Fsp3) is 0.100. The highest BCUT2D eigenvalue weighted by atomic mass is 79.9. The first-order valence-electron chi connectivity index (χ1n) is 4.15. The Hall–Kier alpha value is -0.800. The number of hydrogen-bond acceptors (Lipinski definition) is 2. The van der Waals surface area contributed by atoms with Gasteiger partial charge in [-0.15, -0.1) is 0 Å². The molecule has 2 rings (SSSR count). The minimum atomic E-state index is 0.721. The molecule has 0 amide bonds. The molecule has 1 N–H and O–H groups in total. The molecular formula is C10H8BrClN2. The zero-order valence-corrected chi connectivity index (χ0v) is 9.85. The molecule has 4 heteroatoms. The van der Waals surface area contributed by atoms with Crippen molar-refractivity contribution in [2.24, 2.45) is 0 Å². The van der Waals surface area contributed by atoms with Crippen LogP contribution in [0.5, 0.6) is 0 Å². The molecule has 0 bridgehead atoms. The van der Waals surface area contributed by atoms with Crippen LogP contribution >= 0.6 is 27.5 Å². The van der Waals surface area contributed by atoms with E-state index in [2.05, 4.69) is 26.2 Å². The van der Waals surface area contributed by atoms with Crippen LogP contribution in [0, 0.1) is 0 Å². The SMILES string of the molecule is CNc1ccc2c(Cl)ccc(Br)c2n1. The summed E-state index contributed by atoms with van der Waals surface area (Å²) < 4.78 is 0.953. The number of rotatable bonds is 1. The molecule has 2 nitrogen and oxygen atoms in total. The van der Waals surface area contributed by atoms with Gasteiger partial charge in [0.05, 0.1) is 10.5 Å². The molecule has 72 valence electrons. The number of fused-ring (bicyclic) bond motifs is 1. The van der Waals surface area contributed by atoms with E-state index in [0.29, 0.717) is 0 Å². The van der Waals surface area contributed by atoms with Crippen molar-refractivity contribution in [3.63, 3.8) is 0 Å². The first kappa shape index (κ1) is 9.74. The van der Waals surface area contributed by atoms with Crippen LogP contribution in [0.15, 0.2) is 28.7 Å². The Kier molecular flexibility index (Phi) is 2.61. The highest BCUT2D eigenvalue weighted by Gasteiger charge is 2.04. The lowest BCUT2D eigenvalue weighted by Crippen LogP contribution is -1.92. The van der Waals surface area contributed by atoms with Gasteiger partial charge in [-0.25, -0.2) is 4.98 Å². The molecule has 14 heavy (non-hydrogen) atoms. The molecular weight excluding hydrogens is 263 g/mol. The number of pyridine rings is 1. The second kappa shape index (κ2) is 3.75. The minimum Gasteiger partial charge on any atom is -0.373 e. The van der Waals surface area contributed by atoms with Crippen LogP contribution in [0.3, 0.4) is 0 Å². The first-order valence-corrected chi connectivity index (χ1v) is 5.32. The Balaban J connectivity index is 2.80. The van der Waals surface area contributed by atoms with Crippen molar-refractivity contribution in [3.8, 4) is 0 Å². The second-order valence-corrected chi connectivity index (χ2v) is 4.13. The molecule has 2 aromatic rings. The third kappa shape index (κ3) is 1.57. The maximum absolute atomic E-state index is 6.04. The van der Waals surface area contributed by atoms with E-state index in [1.165, 1.54) is 0 Å². The molecule has 0 aliphatic heterocycles. The fourth-order valence-corrected chi connectivity index (χ4v) is 1.94. The lowest BCUT2D eigenvalue weighted by molar-refractivity contribution is 1.34. The Bertz CT molecular complexity index is 485. The molecule has 0 unspecified atom stereocenters. The maximum atomic E-state index is 6.04. The molecule has 1 aromatic carbocycles. The summed E-state index contributed by atoms with van der Waals surface area (Å²) in [7, 11) is 1.84. The van der Waals surface area contributed by atoms with Crippen LogP contribution < -0.4 is 5.32 Å². The third-order valence-corrected chi connectivity index (χ3v) is 2.98. The molecule has 0 aliphatic carbocycles. The standard InChI is InChI=1S/C10H8BrClN2/c1-13-9-5-2-6-8(12)4-3-7(11)10(6)14-9/h2-5H,1H3,(H,13,14). The summed E-state index contributed by atoms with van der Waals surface area (Å²) in [6.45, 7) is 0. The normalized spacial score (nSPS) is 10.5. The molecule has 1 heterocycles. The summed E-state index contributed by atoms with van der Waals surface area (Å²) in [5.41, 5.74) is 0.879. The Labute approximate surface area is 95.4 Å². The van der Waals surface area contributed by atoms with E-state index >= 15 is 0 Å².